The molecule has 0 aliphatic rings. The lowest BCUT2D eigenvalue weighted by molar-refractivity contribution is 0.994. The van der Waals surface area contributed by atoms with Crippen LogP contribution in [-0.4, -0.2) is 14.8 Å². The number of nitrogens with zero attached hydrogens (tertiary/aromatic N) is 2. The van der Waals surface area contributed by atoms with Gasteiger partial charge in [0.1, 0.15) is 0 Å². The standard InChI is InChI=1S/C10H12N4S/c1-2-7-5-3-4-6-8(7)14-9(11)12-13-10(14)15/h3-6H,2H2,1H3,(H2,11,12)(H,13,15). The number of hydrogen-bond donors (Lipinski definition) is 2. The van der Waals surface area contributed by atoms with Gasteiger partial charge in [-0.05, 0) is 30.3 Å². The number of hydrogen-bond acceptors (Lipinski definition) is 3. The maximum Gasteiger partial charge on any atom is 0.225 e. The van der Waals surface area contributed by atoms with E-state index in [1.807, 2.05) is 18.2 Å². The molecular formula is C10H12N4S. The fourth-order valence-electron chi connectivity index (χ4n) is 1.57. The van der Waals surface area contributed by atoms with Gasteiger partial charge in [0.05, 0.1) is 5.69 Å². The first kappa shape index (κ1) is 9.92. The molecule has 0 atom stereocenters. The largest absolute Gasteiger partial charge is 0.368 e. The maximum atomic E-state index is 5.75. The van der Waals surface area contributed by atoms with Crippen LogP contribution in [0.15, 0.2) is 24.3 Å². The fourth-order valence-corrected chi connectivity index (χ4v) is 1.81. The molecule has 0 aliphatic carbocycles. The zero-order valence-corrected chi connectivity index (χ0v) is 9.21. The average molecular weight is 220 g/mol. The number of nitrogen functional groups attached to an aromatic ring is 1. The molecule has 0 spiro atoms. The van der Waals surface area contributed by atoms with Crippen LogP contribution in [0.25, 0.3) is 5.69 Å². The topological polar surface area (TPSA) is 59.6 Å². The van der Waals surface area contributed by atoms with Gasteiger partial charge in [-0.2, -0.15) is 0 Å². The number of aromatic nitrogens is 3. The number of para-hydroxylation sites is 1. The van der Waals surface area contributed by atoms with Crippen LogP contribution in [-0.2, 0) is 6.42 Å². The molecule has 0 unspecified atom stereocenters. The fraction of sp³-hybridized carbons (Fsp3) is 0.200. The molecule has 2 rings (SSSR count). The number of benzene rings is 1. The highest BCUT2D eigenvalue weighted by Gasteiger charge is 2.07. The van der Waals surface area contributed by atoms with Gasteiger partial charge in [0.25, 0.3) is 0 Å². The quantitative estimate of drug-likeness (QED) is 0.762. The first-order valence-corrected chi connectivity index (χ1v) is 5.16. The van der Waals surface area contributed by atoms with Gasteiger partial charge in [0, 0.05) is 0 Å². The van der Waals surface area contributed by atoms with E-state index in [0.717, 1.165) is 12.1 Å². The number of anilines is 1. The molecule has 0 aliphatic heterocycles. The molecule has 1 aromatic heterocycles. The monoisotopic (exact) mass is 220 g/mol. The Balaban J connectivity index is 2.69. The van der Waals surface area contributed by atoms with Crippen molar-refractivity contribution in [2.45, 2.75) is 13.3 Å². The van der Waals surface area contributed by atoms with E-state index in [1.54, 1.807) is 4.57 Å². The second-order valence-electron chi connectivity index (χ2n) is 3.20. The summed E-state index contributed by atoms with van der Waals surface area (Å²) in [6.07, 6.45) is 0.933. The Bertz CT molecular complexity index is 526. The van der Waals surface area contributed by atoms with Gasteiger partial charge < -0.3 is 5.73 Å². The van der Waals surface area contributed by atoms with Gasteiger partial charge in [0.2, 0.25) is 10.7 Å². The van der Waals surface area contributed by atoms with Crippen LogP contribution in [0.1, 0.15) is 12.5 Å². The van der Waals surface area contributed by atoms with E-state index in [-0.39, 0.29) is 0 Å². The van der Waals surface area contributed by atoms with Gasteiger partial charge in [0.15, 0.2) is 0 Å². The molecule has 0 bridgehead atoms. The van der Waals surface area contributed by atoms with E-state index in [2.05, 4.69) is 23.2 Å². The number of rotatable bonds is 2. The van der Waals surface area contributed by atoms with E-state index in [1.165, 1.54) is 5.56 Å². The highest BCUT2D eigenvalue weighted by Crippen LogP contribution is 2.17. The number of nitrogens with one attached hydrogen (secondary N) is 1. The summed E-state index contributed by atoms with van der Waals surface area (Å²) in [6.45, 7) is 2.10. The van der Waals surface area contributed by atoms with Crippen molar-refractivity contribution in [3.63, 3.8) is 0 Å². The normalized spacial score (nSPS) is 10.5. The Hall–Kier alpha value is -1.62. The highest BCUT2D eigenvalue weighted by atomic mass is 32.1. The minimum absolute atomic E-state index is 0.390. The lowest BCUT2D eigenvalue weighted by Crippen LogP contribution is -2.03. The summed E-state index contributed by atoms with van der Waals surface area (Å²) in [5, 5.41) is 6.57. The number of nitrogens with two attached hydrogens (primary N) is 1. The second kappa shape index (κ2) is 3.86. The molecule has 15 heavy (non-hydrogen) atoms. The summed E-state index contributed by atoms with van der Waals surface area (Å²) in [6, 6.07) is 8.01. The van der Waals surface area contributed by atoms with Crippen molar-refractivity contribution in [2.24, 2.45) is 0 Å². The van der Waals surface area contributed by atoms with Crippen molar-refractivity contribution < 1.29 is 0 Å². The highest BCUT2D eigenvalue weighted by molar-refractivity contribution is 7.71. The third-order valence-electron chi connectivity index (χ3n) is 2.31. The predicted octanol–water partition coefficient (Wildman–Crippen LogP) is 2.07. The van der Waals surface area contributed by atoms with E-state index in [9.17, 15) is 0 Å². The molecule has 0 radical (unpaired) electrons. The minimum atomic E-state index is 0.390. The molecular weight excluding hydrogens is 208 g/mol. The molecule has 4 nitrogen and oxygen atoms in total. The van der Waals surface area contributed by atoms with E-state index >= 15 is 0 Å². The van der Waals surface area contributed by atoms with Crippen molar-refractivity contribution >= 4 is 18.2 Å². The zero-order valence-electron chi connectivity index (χ0n) is 8.40. The maximum absolute atomic E-state index is 5.75. The summed E-state index contributed by atoms with van der Waals surface area (Å²) in [5.41, 5.74) is 7.94. The number of aryl methyl sites for hydroxylation is 1. The Morgan fingerprint density at radius 1 is 1.47 bits per heavy atom. The second-order valence-corrected chi connectivity index (χ2v) is 3.59. The molecule has 5 heteroatoms. The van der Waals surface area contributed by atoms with Crippen LogP contribution in [0, 0.1) is 4.77 Å². The summed E-state index contributed by atoms with van der Waals surface area (Å²) in [5.74, 6) is 0.390. The van der Waals surface area contributed by atoms with Gasteiger partial charge in [-0.1, -0.05) is 25.1 Å². The average Bonchev–Trinajstić information content (AvgIpc) is 2.59. The van der Waals surface area contributed by atoms with Crippen molar-refractivity contribution in [3.8, 4) is 5.69 Å². The van der Waals surface area contributed by atoms with Gasteiger partial charge >= 0.3 is 0 Å². The van der Waals surface area contributed by atoms with Crippen molar-refractivity contribution in [1.82, 2.24) is 14.8 Å². The third kappa shape index (κ3) is 1.66. The lowest BCUT2D eigenvalue weighted by Gasteiger charge is -2.08. The van der Waals surface area contributed by atoms with E-state index in [4.69, 9.17) is 18.0 Å². The Morgan fingerprint density at radius 3 is 2.80 bits per heavy atom. The molecule has 2 aromatic rings. The van der Waals surface area contributed by atoms with Crippen LogP contribution in [0.3, 0.4) is 0 Å². The van der Waals surface area contributed by atoms with Crippen LogP contribution in [0.2, 0.25) is 0 Å². The Labute approximate surface area is 92.7 Å². The van der Waals surface area contributed by atoms with Crippen molar-refractivity contribution in [2.75, 3.05) is 5.73 Å². The summed E-state index contributed by atoms with van der Waals surface area (Å²) in [7, 11) is 0. The molecule has 1 heterocycles. The summed E-state index contributed by atoms with van der Waals surface area (Å²) < 4.78 is 2.27. The van der Waals surface area contributed by atoms with Gasteiger partial charge in [-0.3, -0.25) is 4.57 Å². The number of aromatic amines is 1. The molecule has 0 saturated carbocycles. The van der Waals surface area contributed by atoms with Crippen molar-refractivity contribution in [1.29, 1.82) is 0 Å². The third-order valence-corrected chi connectivity index (χ3v) is 2.59. The van der Waals surface area contributed by atoms with E-state index in [0.29, 0.717) is 10.7 Å². The van der Waals surface area contributed by atoms with Gasteiger partial charge in [-0.25, -0.2) is 5.10 Å². The van der Waals surface area contributed by atoms with Gasteiger partial charge in [-0.15, -0.1) is 5.10 Å². The smallest absolute Gasteiger partial charge is 0.225 e. The Kier molecular flexibility index (Phi) is 2.55. The minimum Gasteiger partial charge on any atom is -0.368 e. The SMILES string of the molecule is CCc1ccccc1-n1c(N)n[nH]c1=S. The van der Waals surface area contributed by atoms with E-state index < -0.39 is 0 Å². The predicted molar refractivity (Wildman–Crippen MR) is 62.5 cm³/mol. The first-order chi connectivity index (χ1) is 7.24. The lowest BCUT2D eigenvalue weighted by atomic mass is 10.1. The van der Waals surface area contributed by atoms with Crippen LogP contribution >= 0.6 is 12.2 Å². The molecule has 0 fully saturated rings. The zero-order chi connectivity index (χ0) is 10.8. The summed E-state index contributed by atoms with van der Waals surface area (Å²) >= 11 is 5.13. The molecule has 1 aromatic carbocycles. The van der Waals surface area contributed by atoms with Crippen LogP contribution < -0.4 is 5.73 Å². The molecule has 78 valence electrons. The summed E-state index contributed by atoms with van der Waals surface area (Å²) in [4.78, 5) is 0. The first-order valence-electron chi connectivity index (χ1n) is 4.75. The van der Waals surface area contributed by atoms with Crippen molar-refractivity contribution in [3.05, 3.63) is 34.6 Å². The van der Waals surface area contributed by atoms with Crippen LogP contribution in [0.4, 0.5) is 5.95 Å². The number of H-pyrrole nitrogens is 1. The molecule has 0 amide bonds. The molecule has 3 N–H and O–H groups in total. The Morgan fingerprint density at radius 2 is 2.20 bits per heavy atom. The van der Waals surface area contributed by atoms with Crippen LogP contribution in [0.5, 0.6) is 0 Å². The molecule has 0 saturated heterocycles.